The van der Waals surface area contributed by atoms with Gasteiger partial charge in [0.05, 0.1) is 0 Å². The Kier molecular flexibility index (Phi) is 2.44. The maximum absolute atomic E-state index is 11.7. The second kappa shape index (κ2) is 3.59. The van der Waals surface area contributed by atoms with Crippen molar-refractivity contribution >= 4 is 11.9 Å². The fourth-order valence-corrected chi connectivity index (χ4v) is 2.06. The molecule has 0 aromatic rings. The van der Waals surface area contributed by atoms with Crippen molar-refractivity contribution in [1.29, 1.82) is 0 Å². The monoisotopic (exact) mass is 197 g/mol. The summed E-state index contributed by atoms with van der Waals surface area (Å²) in [6.45, 7) is 1.05. The molecule has 1 aliphatic carbocycles. The zero-order valence-electron chi connectivity index (χ0n) is 8.11. The lowest BCUT2D eigenvalue weighted by Gasteiger charge is -2.29. The van der Waals surface area contributed by atoms with E-state index < -0.39 is 6.09 Å². The van der Waals surface area contributed by atoms with Crippen LogP contribution in [0.15, 0.2) is 0 Å². The fraction of sp³-hybridized carbons (Fsp3) is 0.800. The van der Waals surface area contributed by atoms with Crippen LogP contribution in [0.4, 0.5) is 4.79 Å². The molecule has 0 aromatic heterocycles. The standard InChI is InChI=1S/C10H15NO3/c12-9(7-1-2-7)8-3-5-11(6-4-8)10(13)14/h7-8H,1-6H2,(H,13,14). The van der Waals surface area contributed by atoms with Crippen LogP contribution in [0, 0.1) is 11.8 Å². The van der Waals surface area contributed by atoms with Gasteiger partial charge in [-0.05, 0) is 25.7 Å². The maximum Gasteiger partial charge on any atom is 0.407 e. The highest BCUT2D eigenvalue weighted by Gasteiger charge is 2.36. The zero-order valence-corrected chi connectivity index (χ0v) is 8.11. The summed E-state index contributed by atoms with van der Waals surface area (Å²) in [5.41, 5.74) is 0. The number of rotatable bonds is 2. The topological polar surface area (TPSA) is 57.6 Å². The second-order valence-corrected chi connectivity index (χ2v) is 4.22. The first kappa shape index (κ1) is 9.49. The van der Waals surface area contributed by atoms with Crippen LogP contribution in [0.1, 0.15) is 25.7 Å². The van der Waals surface area contributed by atoms with Crippen molar-refractivity contribution in [3.63, 3.8) is 0 Å². The van der Waals surface area contributed by atoms with Gasteiger partial charge in [-0.15, -0.1) is 0 Å². The second-order valence-electron chi connectivity index (χ2n) is 4.22. The van der Waals surface area contributed by atoms with Gasteiger partial charge in [-0.2, -0.15) is 0 Å². The first-order chi connectivity index (χ1) is 6.68. The molecule has 1 saturated heterocycles. The normalized spacial score (nSPS) is 23.6. The van der Waals surface area contributed by atoms with Gasteiger partial charge >= 0.3 is 6.09 Å². The maximum atomic E-state index is 11.7. The number of hydrogen-bond donors (Lipinski definition) is 1. The molecule has 1 aliphatic heterocycles. The third kappa shape index (κ3) is 1.89. The van der Waals surface area contributed by atoms with Gasteiger partial charge < -0.3 is 10.0 Å². The Morgan fingerprint density at radius 2 is 1.50 bits per heavy atom. The number of carbonyl (C=O) groups excluding carboxylic acids is 1. The molecular weight excluding hydrogens is 182 g/mol. The summed E-state index contributed by atoms with van der Waals surface area (Å²) < 4.78 is 0. The Bertz CT molecular complexity index is 252. The zero-order chi connectivity index (χ0) is 10.1. The molecule has 0 atom stereocenters. The lowest BCUT2D eigenvalue weighted by Crippen LogP contribution is -2.39. The molecule has 0 spiro atoms. The number of ketones is 1. The number of Topliss-reactive ketones (excluding diaryl/α,β-unsaturated/α-hetero) is 1. The molecule has 0 unspecified atom stereocenters. The molecule has 1 saturated carbocycles. The van der Waals surface area contributed by atoms with Gasteiger partial charge in [0.15, 0.2) is 0 Å². The van der Waals surface area contributed by atoms with E-state index in [1.165, 1.54) is 4.90 Å². The smallest absolute Gasteiger partial charge is 0.407 e. The van der Waals surface area contributed by atoms with E-state index in [1.54, 1.807) is 0 Å². The molecule has 78 valence electrons. The van der Waals surface area contributed by atoms with Crippen LogP contribution >= 0.6 is 0 Å². The molecule has 0 radical (unpaired) electrons. The van der Waals surface area contributed by atoms with Crippen LogP contribution in [-0.4, -0.2) is 35.0 Å². The predicted octanol–water partition coefficient (Wildman–Crippen LogP) is 1.36. The molecule has 2 aliphatic rings. The van der Waals surface area contributed by atoms with Crippen molar-refractivity contribution in [3.05, 3.63) is 0 Å². The van der Waals surface area contributed by atoms with Crippen molar-refractivity contribution in [3.8, 4) is 0 Å². The highest BCUT2D eigenvalue weighted by atomic mass is 16.4. The van der Waals surface area contributed by atoms with Crippen LogP contribution in [-0.2, 0) is 4.79 Å². The molecule has 2 rings (SSSR count). The average molecular weight is 197 g/mol. The molecule has 0 aromatic carbocycles. The summed E-state index contributed by atoms with van der Waals surface area (Å²) in [4.78, 5) is 23.7. The van der Waals surface area contributed by atoms with E-state index in [4.69, 9.17) is 5.11 Å². The van der Waals surface area contributed by atoms with E-state index in [0.717, 1.165) is 25.7 Å². The van der Waals surface area contributed by atoms with E-state index in [0.29, 0.717) is 24.8 Å². The van der Waals surface area contributed by atoms with Crippen LogP contribution in [0.3, 0.4) is 0 Å². The molecule has 2 fully saturated rings. The largest absolute Gasteiger partial charge is 0.465 e. The van der Waals surface area contributed by atoms with Gasteiger partial charge in [0.25, 0.3) is 0 Å². The quantitative estimate of drug-likeness (QED) is 0.727. The van der Waals surface area contributed by atoms with E-state index in [9.17, 15) is 9.59 Å². The van der Waals surface area contributed by atoms with Crippen molar-refractivity contribution in [1.82, 2.24) is 4.90 Å². The molecule has 4 heteroatoms. The lowest BCUT2D eigenvalue weighted by atomic mass is 9.90. The first-order valence-corrected chi connectivity index (χ1v) is 5.20. The lowest BCUT2D eigenvalue weighted by molar-refractivity contribution is -0.125. The van der Waals surface area contributed by atoms with E-state index in [2.05, 4.69) is 0 Å². The van der Waals surface area contributed by atoms with Gasteiger partial charge in [-0.1, -0.05) is 0 Å². The molecule has 1 heterocycles. The number of nitrogens with zero attached hydrogens (tertiary/aromatic N) is 1. The van der Waals surface area contributed by atoms with E-state index in [1.807, 2.05) is 0 Å². The van der Waals surface area contributed by atoms with Gasteiger partial charge in [-0.3, -0.25) is 4.79 Å². The molecule has 1 amide bonds. The number of amides is 1. The number of carboxylic acid groups (broad SMARTS) is 1. The summed E-state index contributed by atoms with van der Waals surface area (Å²) in [7, 11) is 0. The number of piperidine rings is 1. The molecule has 0 bridgehead atoms. The van der Waals surface area contributed by atoms with Crippen molar-refractivity contribution in [2.45, 2.75) is 25.7 Å². The van der Waals surface area contributed by atoms with Crippen LogP contribution in [0.25, 0.3) is 0 Å². The van der Waals surface area contributed by atoms with Gasteiger partial charge in [0, 0.05) is 24.9 Å². The van der Waals surface area contributed by atoms with Crippen molar-refractivity contribution in [2.24, 2.45) is 11.8 Å². The highest BCUT2D eigenvalue weighted by molar-refractivity contribution is 5.85. The van der Waals surface area contributed by atoms with Crippen LogP contribution in [0.2, 0.25) is 0 Å². The minimum absolute atomic E-state index is 0.137. The molecule has 14 heavy (non-hydrogen) atoms. The number of carbonyl (C=O) groups is 2. The Hall–Kier alpha value is -1.06. The van der Waals surface area contributed by atoms with Crippen LogP contribution < -0.4 is 0 Å². The summed E-state index contributed by atoms with van der Waals surface area (Å²) >= 11 is 0. The summed E-state index contributed by atoms with van der Waals surface area (Å²) in [5.74, 6) is 0.838. The number of likely N-dealkylation sites (tertiary alicyclic amines) is 1. The number of hydrogen-bond acceptors (Lipinski definition) is 2. The third-order valence-corrected chi connectivity index (χ3v) is 3.15. The van der Waals surface area contributed by atoms with Crippen molar-refractivity contribution < 1.29 is 14.7 Å². The summed E-state index contributed by atoms with van der Waals surface area (Å²) in [5, 5.41) is 8.73. The Morgan fingerprint density at radius 1 is 1.00 bits per heavy atom. The van der Waals surface area contributed by atoms with Gasteiger partial charge in [0.2, 0.25) is 0 Å². The Labute approximate surface area is 82.9 Å². The third-order valence-electron chi connectivity index (χ3n) is 3.15. The first-order valence-electron chi connectivity index (χ1n) is 5.20. The predicted molar refractivity (Wildman–Crippen MR) is 50.1 cm³/mol. The fourth-order valence-electron chi connectivity index (χ4n) is 2.06. The van der Waals surface area contributed by atoms with Crippen molar-refractivity contribution in [2.75, 3.05) is 13.1 Å². The Balaban J connectivity index is 1.83. The van der Waals surface area contributed by atoms with Gasteiger partial charge in [-0.25, -0.2) is 4.79 Å². The summed E-state index contributed by atoms with van der Waals surface area (Å²) in [6.07, 6.45) is 2.70. The average Bonchev–Trinajstić information content (AvgIpc) is 3.00. The highest BCUT2D eigenvalue weighted by Crippen LogP contribution is 2.35. The molecule has 1 N–H and O–H groups in total. The van der Waals surface area contributed by atoms with Crippen LogP contribution in [0.5, 0.6) is 0 Å². The minimum atomic E-state index is -0.859. The SMILES string of the molecule is O=C(C1CC1)C1CCN(C(=O)O)CC1. The minimum Gasteiger partial charge on any atom is -0.465 e. The molecular formula is C10H15NO3. The summed E-state index contributed by atoms with van der Waals surface area (Å²) in [6, 6.07) is 0. The van der Waals surface area contributed by atoms with Gasteiger partial charge in [0.1, 0.15) is 5.78 Å². The Morgan fingerprint density at radius 3 is 1.93 bits per heavy atom. The molecule has 4 nitrogen and oxygen atoms in total. The van der Waals surface area contributed by atoms with E-state index in [-0.39, 0.29) is 5.92 Å². The van der Waals surface area contributed by atoms with E-state index >= 15 is 0 Å².